The van der Waals surface area contributed by atoms with Crippen molar-refractivity contribution in [3.05, 3.63) is 22.4 Å². The highest BCUT2D eigenvalue weighted by atomic mass is 32.1. The van der Waals surface area contributed by atoms with Crippen molar-refractivity contribution in [1.82, 2.24) is 10.2 Å². The Morgan fingerprint density at radius 1 is 1.40 bits per heavy atom. The molecular weight excluding hydrogens is 336 g/mol. The molecule has 0 aromatic carbocycles. The Morgan fingerprint density at radius 3 is 2.80 bits per heavy atom. The van der Waals surface area contributed by atoms with E-state index in [1.165, 1.54) is 4.88 Å². The smallest absolute Gasteiger partial charge is 0.222 e. The molecule has 2 aliphatic heterocycles. The van der Waals surface area contributed by atoms with E-state index in [2.05, 4.69) is 27.7 Å². The first kappa shape index (κ1) is 18.8. The molecule has 2 fully saturated rings. The molecule has 0 radical (unpaired) electrons. The van der Waals surface area contributed by atoms with E-state index in [0.717, 1.165) is 45.5 Å². The highest BCUT2D eigenvalue weighted by Crippen LogP contribution is 2.40. The Balaban J connectivity index is 1.42. The molecule has 5 nitrogen and oxygen atoms in total. The van der Waals surface area contributed by atoms with E-state index in [1.54, 1.807) is 11.3 Å². The minimum Gasteiger partial charge on any atom is -0.381 e. The molecule has 25 heavy (non-hydrogen) atoms. The molecule has 0 saturated carbocycles. The third-order valence-electron chi connectivity index (χ3n) is 5.58. The lowest BCUT2D eigenvalue weighted by Gasteiger charge is -2.42. The highest BCUT2D eigenvalue weighted by molar-refractivity contribution is 7.10. The molecule has 0 bridgehead atoms. The van der Waals surface area contributed by atoms with Crippen LogP contribution in [0.1, 0.15) is 43.0 Å². The zero-order valence-corrected chi connectivity index (χ0v) is 16.1. The molecule has 1 aromatic rings. The summed E-state index contributed by atoms with van der Waals surface area (Å²) in [4.78, 5) is 15.8. The Bertz CT molecular complexity index is 531. The third-order valence-corrected chi connectivity index (χ3v) is 6.55. The van der Waals surface area contributed by atoms with E-state index in [4.69, 9.17) is 9.47 Å². The summed E-state index contributed by atoms with van der Waals surface area (Å²) in [5, 5.41) is 5.18. The third kappa shape index (κ3) is 5.03. The van der Waals surface area contributed by atoms with E-state index in [0.29, 0.717) is 18.4 Å². The molecule has 2 atom stereocenters. The van der Waals surface area contributed by atoms with Gasteiger partial charge in [-0.15, -0.1) is 11.3 Å². The van der Waals surface area contributed by atoms with Gasteiger partial charge in [0.25, 0.3) is 0 Å². The number of ether oxygens (including phenoxy) is 2. The SMILES string of the molecule is CN(C)C(CNC(=O)CC1CCC2(CCOCC2)CO1)c1cccs1. The minimum absolute atomic E-state index is 0.0630. The lowest BCUT2D eigenvalue weighted by Crippen LogP contribution is -2.42. The van der Waals surface area contributed by atoms with Crippen LogP contribution in [0, 0.1) is 5.41 Å². The molecule has 1 amide bonds. The quantitative estimate of drug-likeness (QED) is 0.841. The number of carbonyl (C=O) groups excluding carboxylic acids is 1. The van der Waals surface area contributed by atoms with Gasteiger partial charge in [-0.1, -0.05) is 6.07 Å². The van der Waals surface area contributed by atoms with Crippen molar-refractivity contribution >= 4 is 17.2 Å². The number of hydrogen-bond donors (Lipinski definition) is 1. The maximum absolute atomic E-state index is 12.3. The number of thiophene rings is 1. The molecule has 1 N–H and O–H groups in total. The lowest BCUT2D eigenvalue weighted by atomic mass is 9.75. The summed E-state index contributed by atoms with van der Waals surface area (Å²) in [6, 6.07) is 4.40. The predicted octanol–water partition coefficient (Wildman–Crippen LogP) is 2.83. The Kier molecular flexibility index (Phi) is 6.49. The summed E-state index contributed by atoms with van der Waals surface area (Å²) in [6.45, 7) is 3.12. The molecule has 3 rings (SSSR count). The number of carbonyl (C=O) groups is 1. The van der Waals surface area contributed by atoms with Crippen LogP contribution >= 0.6 is 11.3 Å². The summed E-state index contributed by atoms with van der Waals surface area (Å²) in [5.74, 6) is 0.0938. The topological polar surface area (TPSA) is 50.8 Å². The molecule has 1 aromatic heterocycles. The van der Waals surface area contributed by atoms with Crippen molar-refractivity contribution in [2.75, 3.05) is 40.5 Å². The zero-order valence-electron chi connectivity index (χ0n) is 15.3. The van der Waals surface area contributed by atoms with Crippen LogP contribution in [0.25, 0.3) is 0 Å². The first-order valence-electron chi connectivity index (χ1n) is 9.24. The Morgan fingerprint density at radius 2 is 2.20 bits per heavy atom. The van der Waals surface area contributed by atoms with Crippen molar-refractivity contribution in [3.8, 4) is 0 Å². The van der Waals surface area contributed by atoms with E-state index in [1.807, 2.05) is 14.1 Å². The van der Waals surface area contributed by atoms with Crippen LogP contribution in [0.3, 0.4) is 0 Å². The van der Waals surface area contributed by atoms with Crippen LogP contribution in [0.15, 0.2) is 17.5 Å². The predicted molar refractivity (Wildman–Crippen MR) is 99.8 cm³/mol. The molecule has 2 aliphatic rings. The summed E-state index contributed by atoms with van der Waals surface area (Å²) in [6.07, 6.45) is 4.86. The molecule has 2 unspecified atom stereocenters. The van der Waals surface area contributed by atoms with Gasteiger partial charge in [0.2, 0.25) is 5.91 Å². The molecule has 1 spiro atoms. The van der Waals surface area contributed by atoms with Crippen LogP contribution in [-0.4, -0.2) is 57.4 Å². The number of likely N-dealkylation sites (N-methyl/N-ethyl adjacent to an activating group) is 1. The van der Waals surface area contributed by atoms with Gasteiger partial charge in [-0.3, -0.25) is 4.79 Å². The Hall–Kier alpha value is -0.950. The molecule has 140 valence electrons. The lowest BCUT2D eigenvalue weighted by molar-refractivity contribution is -0.132. The van der Waals surface area contributed by atoms with Gasteiger partial charge in [0.1, 0.15) is 0 Å². The summed E-state index contributed by atoms with van der Waals surface area (Å²) < 4.78 is 11.5. The standard InChI is InChI=1S/C19H30N2O3S/c1-21(2)16(17-4-3-11-25-17)13-20-18(22)12-15-5-6-19(14-24-15)7-9-23-10-8-19/h3-4,11,15-16H,5-10,12-14H2,1-2H3,(H,20,22). The second kappa shape index (κ2) is 8.62. The van der Waals surface area contributed by atoms with Crippen LogP contribution in [-0.2, 0) is 14.3 Å². The fraction of sp³-hybridized carbons (Fsp3) is 0.737. The second-order valence-corrected chi connectivity index (χ2v) is 8.57. The average Bonchev–Trinajstić information content (AvgIpc) is 3.12. The molecule has 2 saturated heterocycles. The Labute approximate surface area is 154 Å². The normalized spacial score (nSPS) is 24.4. The van der Waals surface area contributed by atoms with Crippen LogP contribution in [0.5, 0.6) is 0 Å². The van der Waals surface area contributed by atoms with Gasteiger partial charge in [0, 0.05) is 24.6 Å². The number of rotatable bonds is 6. The number of nitrogens with zero attached hydrogens (tertiary/aromatic N) is 1. The van der Waals surface area contributed by atoms with Gasteiger partial charge in [0.15, 0.2) is 0 Å². The van der Waals surface area contributed by atoms with E-state index >= 15 is 0 Å². The molecule has 0 aliphatic carbocycles. The monoisotopic (exact) mass is 366 g/mol. The minimum atomic E-state index is 0.0630. The zero-order chi connectivity index (χ0) is 17.7. The first-order chi connectivity index (χ1) is 12.1. The van der Waals surface area contributed by atoms with Crippen LogP contribution < -0.4 is 5.32 Å². The molecule has 3 heterocycles. The maximum atomic E-state index is 12.3. The van der Waals surface area contributed by atoms with E-state index < -0.39 is 0 Å². The van der Waals surface area contributed by atoms with Crippen molar-refractivity contribution < 1.29 is 14.3 Å². The second-order valence-electron chi connectivity index (χ2n) is 7.59. The van der Waals surface area contributed by atoms with Gasteiger partial charge < -0.3 is 19.7 Å². The van der Waals surface area contributed by atoms with E-state index in [-0.39, 0.29) is 18.1 Å². The van der Waals surface area contributed by atoms with Gasteiger partial charge >= 0.3 is 0 Å². The maximum Gasteiger partial charge on any atom is 0.222 e. The van der Waals surface area contributed by atoms with Crippen molar-refractivity contribution in [2.24, 2.45) is 5.41 Å². The van der Waals surface area contributed by atoms with Gasteiger partial charge in [-0.25, -0.2) is 0 Å². The molecule has 6 heteroatoms. The van der Waals surface area contributed by atoms with Crippen LogP contribution in [0.2, 0.25) is 0 Å². The summed E-state index contributed by atoms with van der Waals surface area (Å²) >= 11 is 1.73. The fourth-order valence-corrected chi connectivity index (χ4v) is 4.71. The molecular formula is C19H30N2O3S. The van der Waals surface area contributed by atoms with E-state index in [9.17, 15) is 4.79 Å². The van der Waals surface area contributed by atoms with Gasteiger partial charge in [-0.2, -0.15) is 0 Å². The van der Waals surface area contributed by atoms with Crippen molar-refractivity contribution in [1.29, 1.82) is 0 Å². The highest BCUT2D eigenvalue weighted by Gasteiger charge is 2.37. The van der Waals surface area contributed by atoms with Crippen LogP contribution in [0.4, 0.5) is 0 Å². The first-order valence-corrected chi connectivity index (χ1v) is 10.1. The number of hydrogen-bond acceptors (Lipinski definition) is 5. The van der Waals surface area contributed by atoms with Gasteiger partial charge in [-0.05, 0) is 56.6 Å². The number of nitrogens with one attached hydrogen (secondary N) is 1. The van der Waals surface area contributed by atoms with Crippen molar-refractivity contribution in [2.45, 2.75) is 44.2 Å². The largest absolute Gasteiger partial charge is 0.381 e. The fourth-order valence-electron chi connectivity index (χ4n) is 3.79. The average molecular weight is 367 g/mol. The van der Waals surface area contributed by atoms with Gasteiger partial charge in [0.05, 0.1) is 25.2 Å². The van der Waals surface area contributed by atoms with Crippen molar-refractivity contribution in [3.63, 3.8) is 0 Å². The summed E-state index contributed by atoms with van der Waals surface area (Å²) in [5.41, 5.74) is 0.306. The number of amides is 1. The summed E-state index contributed by atoms with van der Waals surface area (Å²) in [7, 11) is 4.10.